The predicted molar refractivity (Wildman–Crippen MR) is 75.2 cm³/mol. The van der Waals surface area contributed by atoms with Crippen molar-refractivity contribution < 1.29 is 19.0 Å². The number of rotatable bonds is 3. The van der Waals surface area contributed by atoms with Crippen LogP contribution in [0.25, 0.3) is 10.9 Å². The van der Waals surface area contributed by atoms with Gasteiger partial charge in [0.1, 0.15) is 17.1 Å². The maximum Gasteiger partial charge on any atom is 0.339 e. The number of fused-ring (bicyclic) bond motifs is 1. The molecule has 1 aromatic heterocycles. The number of carboxylic acids is 1. The summed E-state index contributed by atoms with van der Waals surface area (Å²) in [6, 6.07) is 14.1. The highest BCUT2D eigenvalue weighted by atomic mass is 19.1. The minimum Gasteiger partial charge on any atom is -0.478 e. The van der Waals surface area contributed by atoms with E-state index in [1.807, 2.05) is 24.3 Å². The van der Waals surface area contributed by atoms with E-state index in [-0.39, 0.29) is 17.2 Å². The maximum absolute atomic E-state index is 13.3. The first-order chi connectivity index (χ1) is 10.1. The Bertz CT molecular complexity index is 833. The molecule has 0 radical (unpaired) electrons. The Hall–Kier alpha value is -2.95. The third-order valence-electron chi connectivity index (χ3n) is 2.96. The molecule has 3 rings (SSSR count). The Morgan fingerprint density at radius 1 is 1.10 bits per heavy atom. The summed E-state index contributed by atoms with van der Waals surface area (Å²) in [6.45, 7) is 0. The molecule has 3 aromatic rings. The molecule has 0 aliphatic rings. The minimum atomic E-state index is -1.19. The van der Waals surface area contributed by atoms with Gasteiger partial charge in [0.25, 0.3) is 0 Å². The molecule has 0 saturated heterocycles. The number of carbonyl (C=O) groups is 1. The van der Waals surface area contributed by atoms with Gasteiger partial charge in [0, 0.05) is 17.5 Å². The van der Waals surface area contributed by atoms with Crippen LogP contribution in [0, 0.1) is 5.82 Å². The standard InChI is InChI=1S/C16H10FNO3/c17-11-6-7-12(16(19)20)14(9-11)21-15-8-5-10-3-1-2-4-13(10)18-15/h1-9H,(H,19,20). The molecule has 0 amide bonds. The van der Waals surface area contributed by atoms with Crippen molar-refractivity contribution in [2.24, 2.45) is 0 Å². The average Bonchev–Trinajstić information content (AvgIpc) is 2.47. The molecule has 1 heterocycles. The van der Waals surface area contributed by atoms with Crippen molar-refractivity contribution in [3.05, 3.63) is 66.0 Å². The third-order valence-corrected chi connectivity index (χ3v) is 2.96. The second-order valence-corrected chi connectivity index (χ2v) is 4.39. The SMILES string of the molecule is O=C(O)c1ccc(F)cc1Oc1ccc2ccccc2n1. The van der Waals surface area contributed by atoms with Gasteiger partial charge in [-0.1, -0.05) is 18.2 Å². The lowest BCUT2D eigenvalue weighted by molar-refractivity contribution is 0.0694. The minimum absolute atomic E-state index is 0.0784. The van der Waals surface area contributed by atoms with Crippen LogP contribution in [0.5, 0.6) is 11.6 Å². The van der Waals surface area contributed by atoms with Crippen LogP contribution in [-0.4, -0.2) is 16.1 Å². The highest BCUT2D eigenvalue weighted by Crippen LogP contribution is 2.26. The van der Waals surface area contributed by atoms with Gasteiger partial charge in [0.05, 0.1) is 5.52 Å². The maximum atomic E-state index is 13.3. The number of aromatic nitrogens is 1. The van der Waals surface area contributed by atoms with Crippen molar-refractivity contribution in [1.29, 1.82) is 0 Å². The van der Waals surface area contributed by atoms with Crippen LogP contribution in [0.4, 0.5) is 4.39 Å². The zero-order valence-electron chi connectivity index (χ0n) is 10.8. The Morgan fingerprint density at radius 3 is 2.71 bits per heavy atom. The van der Waals surface area contributed by atoms with E-state index in [0.717, 1.165) is 23.6 Å². The Labute approximate surface area is 119 Å². The second-order valence-electron chi connectivity index (χ2n) is 4.39. The zero-order valence-corrected chi connectivity index (χ0v) is 10.8. The molecule has 0 unspecified atom stereocenters. The number of ether oxygens (including phenoxy) is 1. The van der Waals surface area contributed by atoms with Crippen molar-refractivity contribution in [3.63, 3.8) is 0 Å². The van der Waals surface area contributed by atoms with Crippen LogP contribution in [-0.2, 0) is 0 Å². The van der Waals surface area contributed by atoms with E-state index >= 15 is 0 Å². The van der Waals surface area contributed by atoms with E-state index in [2.05, 4.69) is 4.98 Å². The average molecular weight is 283 g/mol. The molecular weight excluding hydrogens is 273 g/mol. The topological polar surface area (TPSA) is 59.4 Å². The summed E-state index contributed by atoms with van der Waals surface area (Å²) in [4.78, 5) is 15.4. The van der Waals surface area contributed by atoms with Gasteiger partial charge in [-0.3, -0.25) is 0 Å². The van der Waals surface area contributed by atoms with Crippen LogP contribution in [0.15, 0.2) is 54.6 Å². The number of benzene rings is 2. The number of para-hydroxylation sites is 1. The van der Waals surface area contributed by atoms with E-state index in [9.17, 15) is 9.18 Å². The van der Waals surface area contributed by atoms with E-state index < -0.39 is 11.8 Å². The summed E-state index contributed by atoms with van der Waals surface area (Å²) in [7, 11) is 0. The predicted octanol–water partition coefficient (Wildman–Crippen LogP) is 3.86. The van der Waals surface area contributed by atoms with Crippen molar-refractivity contribution in [2.45, 2.75) is 0 Å². The first-order valence-electron chi connectivity index (χ1n) is 6.20. The summed E-state index contributed by atoms with van der Waals surface area (Å²) in [6.07, 6.45) is 0. The molecule has 0 aliphatic heterocycles. The van der Waals surface area contributed by atoms with Gasteiger partial charge in [-0.05, 0) is 24.3 Å². The van der Waals surface area contributed by atoms with E-state index in [1.54, 1.807) is 12.1 Å². The van der Waals surface area contributed by atoms with E-state index in [0.29, 0.717) is 5.52 Å². The summed E-state index contributed by atoms with van der Waals surface area (Å²) < 4.78 is 18.7. The van der Waals surface area contributed by atoms with Crippen LogP contribution >= 0.6 is 0 Å². The van der Waals surface area contributed by atoms with Crippen LogP contribution in [0.2, 0.25) is 0 Å². The molecule has 4 nitrogen and oxygen atoms in total. The van der Waals surface area contributed by atoms with Gasteiger partial charge in [0.15, 0.2) is 0 Å². The number of nitrogens with zero attached hydrogens (tertiary/aromatic N) is 1. The number of pyridine rings is 1. The third kappa shape index (κ3) is 2.67. The fraction of sp³-hybridized carbons (Fsp3) is 0. The van der Waals surface area contributed by atoms with Gasteiger partial charge in [-0.2, -0.15) is 0 Å². The molecular formula is C16H10FNO3. The molecule has 5 heteroatoms. The highest BCUT2D eigenvalue weighted by Gasteiger charge is 2.13. The van der Waals surface area contributed by atoms with Crippen molar-refractivity contribution in [2.75, 3.05) is 0 Å². The van der Waals surface area contributed by atoms with Gasteiger partial charge in [0.2, 0.25) is 5.88 Å². The van der Waals surface area contributed by atoms with Gasteiger partial charge in [-0.25, -0.2) is 14.2 Å². The molecule has 0 fully saturated rings. The molecule has 0 bridgehead atoms. The van der Waals surface area contributed by atoms with Crippen LogP contribution < -0.4 is 4.74 Å². The van der Waals surface area contributed by atoms with E-state index in [1.165, 1.54) is 0 Å². The second kappa shape index (κ2) is 5.20. The van der Waals surface area contributed by atoms with Crippen LogP contribution in [0.1, 0.15) is 10.4 Å². The Kier molecular flexibility index (Phi) is 3.23. The molecule has 0 spiro atoms. The normalized spacial score (nSPS) is 10.5. The largest absolute Gasteiger partial charge is 0.478 e. The van der Waals surface area contributed by atoms with Crippen molar-refractivity contribution >= 4 is 16.9 Å². The molecule has 21 heavy (non-hydrogen) atoms. The molecule has 0 saturated carbocycles. The smallest absolute Gasteiger partial charge is 0.339 e. The van der Waals surface area contributed by atoms with E-state index in [4.69, 9.17) is 9.84 Å². The summed E-state index contributed by atoms with van der Waals surface area (Å²) in [5, 5.41) is 10.0. The van der Waals surface area contributed by atoms with Gasteiger partial charge >= 0.3 is 5.97 Å². The molecule has 104 valence electrons. The first-order valence-corrected chi connectivity index (χ1v) is 6.20. The Morgan fingerprint density at radius 2 is 1.90 bits per heavy atom. The highest BCUT2D eigenvalue weighted by molar-refractivity contribution is 5.91. The van der Waals surface area contributed by atoms with Crippen molar-refractivity contribution in [3.8, 4) is 11.6 Å². The molecule has 2 aromatic carbocycles. The summed E-state index contributed by atoms with van der Waals surface area (Å²) >= 11 is 0. The lowest BCUT2D eigenvalue weighted by Gasteiger charge is -2.08. The first kappa shape index (κ1) is 13.1. The van der Waals surface area contributed by atoms with Crippen LogP contribution in [0.3, 0.4) is 0 Å². The lowest BCUT2D eigenvalue weighted by atomic mass is 10.2. The molecule has 0 aliphatic carbocycles. The number of carboxylic acid groups (broad SMARTS) is 1. The summed E-state index contributed by atoms with van der Waals surface area (Å²) in [5.74, 6) is -1.63. The number of hydrogen-bond acceptors (Lipinski definition) is 3. The molecule has 1 N–H and O–H groups in total. The fourth-order valence-corrected chi connectivity index (χ4v) is 1.97. The quantitative estimate of drug-likeness (QED) is 0.792. The van der Waals surface area contributed by atoms with Gasteiger partial charge in [-0.15, -0.1) is 0 Å². The number of aromatic carboxylic acids is 1. The summed E-state index contributed by atoms with van der Waals surface area (Å²) in [5.41, 5.74) is 0.592. The zero-order chi connectivity index (χ0) is 14.8. The fourth-order valence-electron chi connectivity index (χ4n) is 1.97. The lowest BCUT2D eigenvalue weighted by Crippen LogP contribution is -2.01. The number of halogens is 1. The monoisotopic (exact) mass is 283 g/mol. The van der Waals surface area contributed by atoms with Gasteiger partial charge < -0.3 is 9.84 Å². The molecule has 0 atom stereocenters. The Balaban J connectivity index is 2.02. The van der Waals surface area contributed by atoms with Crippen molar-refractivity contribution in [1.82, 2.24) is 4.98 Å². The number of hydrogen-bond donors (Lipinski definition) is 1.